The van der Waals surface area contributed by atoms with E-state index in [0.29, 0.717) is 29.8 Å². The van der Waals surface area contributed by atoms with Gasteiger partial charge in [0.15, 0.2) is 11.5 Å². The van der Waals surface area contributed by atoms with Gasteiger partial charge < -0.3 is 15.2 Å². The minimum absolute atomic E-state index is 0.212. The van der Waals surface area contributed by atoms with Crippen LogP contribution in [0.15, 0.2) is 12.3 Å². The van der Waals surface area contributed by atoms with Gasteiger partial charge in [0.25, 0.3) is 0 Å². The van der Waals surface area contributed by atoms with Crippen LogP contribution in [0.5, 0.6) is 11.5 Å². The van der Waals surface area contributed by atoms with Gasteiger partial charge in [0.05, 0.1) is 24.4 Å². The number of nitrogen functional groups attached to an aromatic ring is 1. The monoisotopic (exact) mass is 307 g/mol. The smallest absolute Gasteiger partial charge is 0.165 e. The highest BCUT2D eigenvalue weighted by Gasteiger charge is 2.25. The Morgan fingerprint density at radius 2 is 2.10 bits per heavy atom. The van der Waals surface area contributed by atoms with E-state index in [0.717, 1.165) is 28.9 Å². The quantitative estimate of drug-likeness (QED) is 0.889. The number of nitrogens with zero attached hydrogens (tertiary/aromatic N) is 1. The molecular weight excluding hydrogens is 290 g/mol. The predicted octanol–water partition coefficient (Wildman–Crippen LogP) is 3.60. The van der Waals surface area contributed by atoms with Crippen molar-refractivity contribution in [3.8, 4) is 22.6 Å². The Hall–Kier alpha value is -1.88. The number of nitrogens with two attached hydrogens (primary N) is 1. The molecule has 1 aliphatic rings. The zero-order valence-corrected chi connectivity index (χ0v) is 12.8. The lowest BCUT2D eigenvalue weighted by Gasteiger charge is -2.20. The van der Waals surface area contributed by atoms with Crippen molar-refractivity contribution in [3.05, 3.63) is 22.8 Å². The maximum absolute atomic E-state index is 6.49. The SMILES string of the molecule is CC(C)c1c2c(cc(Cl)c1-c1cn[nH]c1N)OCCCO2. The van der Waals surface area contributed by atoms with Crippen molar-refractivity contribution in [1.29, 1.82) is 0 Å². The second-order valence-corrected chi connectivity index (χ2v) is 5.78. The first-order chi connectivity index (χ1) is 10.1. The van der Waals surface area contributed by atoms with Gasteiger partial charge in [0.1, 0.15) is 5.82 Å². The van der Waals surface area contributed by atoms with E-state index >= 15 is 0 Å². The molecule has 0 amide bonds. The normalized spacial score (nSPS) is 14.3. The summed E-state index contributed by atoms with van der Waals surface area (Å²) < 4.78 is 11.7. The van der Waals surface area contributed by atoms with E-state index in [-0.39, 0.29) is 5.92 Å². The number of rotatable bonds is 2. The number of H-pyrrole nitrogens is 1. The third-order valence-electron chi connectivity index (χ3n) is 3.54. The van der Waals surface area contributed by atoms with Crippen molar-refractivity contribution >= 4 is 17.4 Å². The van der Waals surface area contributed by atoms with Crippen LogP contribution in [0.2, 0.25) is 5.02 Å². The first kappa shape index (κ1) is 14.1. The first-order valence-electron chi connectivity index (χ1n) is 7.00. The topological polar surface area (TPSA) is 73.2 Å². The molecule has 0 aliphatic carbocycles. The molecule has 6 heteroatoms. The number of halogens is 1. The van der Waals surface area contributed by atoms with Crippen LogP contribution >= 0.6 is 11.6 Å². The Kier molecular flexibility index (Phi) is 3.68. The van der Waals surface area contributed by atoms with Crippen LogP contribution < -0.4 is 15.2 Å². The molecule has 21 heavy (non-hydrogen) atoms. The van der Waals surface area contributed by atoms with E-state index in [4.69, 9.17) is 26.8 Å². The van der Waals surface area contributed by atoms with Gasteiger partial charge in [-0.15, -0.1) is 0 Å². The summed E-state index contributed by atoms with van der Waals surface area (Å²) in [4.78, 5) is 0. The molecule has 0 unspecified atom stereocenters. The molecule has 5 nitrogen and oxygen atoms in total. The highest BCUT2D eigenvalue weighted by atomic mass is 35.5. The van der Waals surface area contributed by atoms with Gasteiger partial charge in [-0.1, -0.05) is 25.4 Å². The Balaban J connectivity index is 2.29. The number of ether oxygens (including phenoxy) is 2. The van der Waals surface area contributed by atoms with Gasteiger partial charge in [0.2, 0.25) is 0 Å². The van der Waals surface area contributed by atoms with E-state index in [1.807, 2.05) is 0 Å². The summed E-state index contributed by atoms with van der Waals surface area (Å²) in [5.41, 5.74) is 8.63. The third kappa shape index (κ3) is 2.42. The molecule has 0 radical (unpaired) electrons. The summed E-state index contributed by atoms with van der Waals surface area (Å²) >= 11 is 6.49. The molecule has 0 bridgehead atoms. The number of hydrogen-bond donors (Lipinski definition) is 2. The van der Waals surface area contributed by atoms with Gasteiger partial charge in [-0.2, -0.15) is 5.10 Å². The Morgan fingerprint density at radius 1 is 1.33 bits per heavy atom. The maximum Gasteiger partial charge on any atom is 0.165 e. The van der Waals surface area contributed by atoms with Crippen molar-refractivity contribution in [2.75, 3.05) is 18.9 Å². The molecule has 112 valence electrons. The zero-order chi connectivity index (χ0) is 15.0. The van der Waals surface area contributed by atoms with Gasteiger partial charge in [-0.05, 0) is 5.92 Å². The van der Waals surface area contributed by atoms with E-state index in [9.17, 15) is 0 Å². The number of nitrogens with one attached hydrogen (secondary N) is 1. The molecule has 0 saturated carbocycles. The highest BCUT2D eigenvalue weighted by Crippen LogP contribution is 2.48. The number of aromatic amines is 1. The van der Waals surface area contributed by atoms with Gasteiger partial charge >= 0.3 is 0 Å². The molecule has 0 spiro atoms. The average molecular weight is 308 g/mol. The summed E-state index contributed by atoms with van der Waals surface area (Å²) in [6, 6.07) is 1.80. The van der Waals surface area contributed by atoms with Crippen LogP contribution in [-0.4, -0.2) is 23.4 Å². The highest BCUT2D eigenvalue weighted by molar-refractivity contribution is 6.34. The van der Waals surface area contributed by atoms with Crippen LogP contribution in [0, 0.1) is 0 Å². The standard InChI is InChI=1S/C15H18ClN3O2/c1-8(2)12-13(9-7-18-19-15(9)17)10(16)6-11-14(12)21-5-3-4-20-11/h6-8H,3-5H2,1-2H3,(H3,17,18,19). The van der Waals surface area contributed by atoms with Crippen LogP contribution in [0.1, 0.15) is 31.7 Å². The molecule has 1 aromatic heterocycles. The zero-order valence-electron chi connectivity index (χ0n) is 12.1. The number of fused-ring (bicyclic) bond motifs is 1. The van der Waals surface area contributed by atoms with E-state index < -0.39 is 0 Å². The molecule has 2 heterocycles. The summed E-state index contributed by atoms with van der Waals surface area (Å²) in [6.45, 7) is 5.46. The third-order valence-corrected chi connectivity index (χ3v) is 3.84. The minimum Gasteiger partial charge on any atom is -0.489 e. The number of benzene rings is 1. The van der Waals surface area contributed by atoms with Crippen molar-refractivity contribution in [3.63, 3.8) is 0 Å². The molecule has 3 N–H and O–H groups in total. The van der Waals surface area contributed by atoms with Crippen LogP contribution in [0.25, 0.3) is 11.1 Å². The lowest BCUT2D eigenvalue weighted by Crippen LogP contribution is -2.03. The average Bonchev–Trinajstić information content (AvgIpc) is 2.71. The molecule has 0 atom stereocenters. The molecule has 1 aliphatic heterocycles. The molecule has 1 aromatic carbocycles. The van der Waals surface area contributed by atoms with E-state index in [1.54, 1.807) is 12.3 Å². The Morgan fingerprint density at radius 3 is 2.76 bits per heavy atom. The molecule has 0 saturated heterocycles. The van der Waals surface area contributed by atoms with Crippen molar-refractivity contribution < 1.29 is 9.47 Å². The fourth-order valence-electron chi connectivity index (χ4n) is 2.62. The van der Waals surface area contributed by atoms with Gasteiger partial charge in [0, 0.05) is 29.2 Å². The summed E-state index contributed by atoms with van der Waals surface area (Å²) in [6.07, 6.45) is 2.54. The number of anilines is 1. The first-order valence-corrected chi connectivity index (χ1v) is 7.38. The lowest BCUT2D eigenvalue weighted by atomic mass is 9.92. The summed E-state index contributed by atoms with van der Waals surface area (Å²) in [5, 5.41) is 7.33. The van der Waals surface area contributed by atoms with Gasteiger partial charge in [-0.25, -0.2) is 0 Å². The predicted molar refractivity (Wildman–Crippen MR) is 83.1 cm³/mol. The molecular formula is C15H18ClN3O2. The van der Waals surface area contributed by atoms with Crippen molar-refractivity contribution in [2.45, 2.75) is 26.2 Å². The number of aromatic nitrogens is 2. The summed E-state index contributed by atoms with van der Waals surface area (Å²) in [7, 11) is 0. The molecule has 3 rings (SSSR count). The largest absolute Gasteiger partial charge is 0.489 e. The van der Waals surface area contributed by atoms with E-state index in [2.05, 4.69) is 24.0 Å². The van der Waals surface area contributed by atoms with Gasteiger partial charge in [-0.3, -0.25) is 5.10 Å². The fraction of sp³-hybridized carbons (Fsp3) is 0.400. The summed E-state index contributed by atoms with van der Waals surface area (Å²) in [5.74, 6) is 2.17. The fourth-order valence-corrected chi connectivity index (χ4v) is 2.92. The van der Waals surface area contributed by atoms with Crippen LogP contribution in [0.3, 0.4) is 0 Å². The Labute approximate surface area is 128 Å². The second kappa shape index (κ2) is 5.48. The second-order valence-electron chi connectivity index (χ2n) is 5.38. The van der Waals surface area contributed by atoms with Crippen molar-refractivity contribution in [1.82, 2.24) is 10.2 Å². The van der Waals surface area contributed by atoms with Crippen LogP contribution in [-0.2, 0) is 0 Å². The number of hydrogen-bond acceptors (Lipinski definition) is 4. The lowest BCUT2D eigenvalue weighted by molar-refractivity contribution is 0.296. The van der Waals surface area contributed by atoms with Crippen LogP contribution in [0.4, 0.5) is 5.82 Å². The molecule has 0 fully saturated rings. The molecule has 2 aromatic rings. The minimum atomic E-state index is 0.212. The van der Waals surface area contributed by atoms with E-state index in [1.165, 1.54) is 0 Å². The maximum atomic E-state index is 6.49. The van der Waals surface area contributed by atoms with Crippen molar-refractivity contribution in [2.24, 2.45) is 0 Å². The Bertz CT molecular complexity index is 667.